The van der Waals surface area contributed by atoms with Crippen molar-refractivity contribution in [1.82, 2.24) is 14.5 Å². The minimum atomic E-state index is 0.0882. The predicted molar refractivity (Wildman–Crippen MR) is 69.6 cm³/mol. The number of hydrogen-bond donors (Lipinski definition) is 1. The van der Waals surface area contributed by atoms with Crippen LogP contribution in [0.25, 0.3) is 0 Å². The van der Waals surface area contributed by atoms with Crippen LogP contribution >= 0.6 is 0 Å². The Labute approximate surface area is 107 Å². The van der Waals surface area contributed by atoms with Gasteiger partial charge in [0, 0.05) is 32.4 Å². The highest BCUT2D eigenvalue weighted by molar-refractivity contribution is 5.92. The number of aromatic nitrogens is 2. The molecule has 5 nitrogen and oxygen atoms in total. The number of rotatable bonds is 1. The van der Waals surface area contributed by atoms with E-state index < -0.39 is 0 Å². The number of nitrogens with zero attached hydrogens (tertiary/aromatic N) is 3. The molecule has 0 aromatic carbocycles. The topological polar surface area (TPSA) is 50.2 Å². The van der Waals surface area contributed by atoms with E-state index in [1.54, 1.807) is 0 Å². The molecular weight excluding hydrogens is 228 g/mol. The molecule has 2 aliphatic heterocycles. The summed E-state index contributed by atoms with van der Waals surface area (Å²) in [5, 5.41) is 3.23. The first kappa shape index (κ1) is 11.6. The average Bonchev–Trinajstić information content (AvgIpc) is 2.81. The Hall–Kier alpha value is -1.52. The van der Waals surface area contributed by atoms with Gasteiger partial charge >= 0.3 is 0 Å². The molecule has 1 saturated heterocycles. The van der Waals surface area contributed by atoms with Crippen LogP contribution in [0.3, 0.4) is 0 Å². The van der Waals surface area contributed by atoms with Crippen molar-refractivity contribution in [2.75, 3.05) is 25.0 Å². The maximum Gasteiger partial charge on any atom is 0.274 e. The molecule has 0 saturated carbocycles. The smallest absolute Gasteiger partial charge is 0.274 e. The van der Waals surface area contributed by atoms with Crippen molar-refractivity contribution in [3.8, 4) is 0 Å². The van der Waals surface area contributed by atoms with Gasteiger partial charge in [-0.05, 0) is 25.2 Å². The molecule has 18 heavy (non-hydrogen) atoms. The number of carbonyl (C=O) groups excluding carboxylic acids is 1. The monoisotopic (exact) mass is 248 g/mol. The molecule has 0 radical (unpaired) electrons. The highest BCUT2D eigenvalue weighted by Gasteiger charge is 2.25. The second kappa shape index (κ2) is 4.63. The number of piperidine rings is 1. The van der Waals surface area contributed by atoms with Crippen molar-refractivity contribution in [1.29, 1.82) is 0 Å². The first-order valence-electron chi connectivity index (χ1n) is 6.84. The fourth-order valence-electron chi connectivity index (χ4n) is 2.82. The van der Waals surface area contributed by atoms with Gasteiger partial charge in [0.2, 0.25) is 5.95 Å². The summed E-state index contributed by atoms with van der Waals surface area (Å²) < 4.78 is 2.05. The predicted octanol–water partition coefficient (Wildman–Crippen LogP) is 1.57. The number of imidazole rings is 1. The highest BCUT2D eigenvalue weighted by Crippen LogP contribution is 2.19. The summed E-state index contributed by atoms with van der Waals surface area (Å²) in [5.41, 5.74) is 0.591. The molecule has 3 heterocycles. The van der Waals surface area contributed by atoms with E-state index in [0.29, 0.717) is 11.6 Å². The molecule has 3 rings (SSSR count). The van der Waals surface area contributed by atoms with Gasteiger partial charge < -0.3 is 14.8 Å². The highest BCUT2D eigenvalue weighted by atomic mass is 16.2. The van der Waals surface area contributed by atoms with Gasteiger partial charge in [-0.1, -0.05) is 6.92 Å². The van der Waals surface area contributed by atoms with Crippen LogP contribution in [0, 0.1) is 5.92 Å². The molecule has 1 atom stereocenters. The van der Waals surface area contributed by atoms with Gasteiger partial charge in [-0.3, -0.25) is 4.79 Å². The van der Waals surface area contributed by atoms with E-state index in [0.717, 1.165) is 45.0 Å². The summed E-state index contributed by atoms with van der Waals surface area (Å²) in [4.78, 5) is 18.7. The van der Waals surface area contributed by atoms with Crippen molar-refractivity contribution in [2.45, 2.75) is 32.7 Å². The number of anilines is 1. The number of nitrogens with one attached hydrogen (secondary N) is 1. The van der Waals surface area contributed by atoms with Gasteiger partial charge in [0.25, 0.3) is 5.91 Å². The fraction of sp³-hybridized carbons (Fsp3) is 0.692. The summed E-state index contributed by atoms with van der Waals surface area (Å²) in [7, 11) is 0. The molecule has 1 fully saturated rings. The van der Waals surface area contributed by atoms with E-state index in [1.807, 2.05) is 15.7 Å². The maximum absolute atomic E-state index is 12.4. The van der Waals surface area contributed by atoms with Gasteiger partial charge in [0.05, 0.1) is 0 Å². The fourth-order valence-corrected chi connectivity index (χ4v) is 2.82. The van der Waals surface area contributed by atoms with Crippen molar-refractivity contribution in [3.63, 3.8) is 0 Å². The molecule has 98 valence electrons. The van der Waals surface area contributed by atoms with Gasteiger partial charge in [0.1, 0.15) is 5.69 Å². The lowest BCUT2D eigenvalue weighted by atomic mass is 10.0. The Morgan fingerprint density at radius 3 is 3.11 bits per heavy atom. The van der Waals surface area contributed by atoms with Crippen molar-refractivity contribution >= 4 is 11.9 Å². The van der Waals surface area contributed by atoms with Gasteiger partial charge in [-0.25, -0.2) is 4.98 Å². The summed E-state index contributed by atoms with van der Waals surface area (Å²) in [6.45, 7) is 5.86. The average molecular weight is 248 g/mol. The third-order valence-electron chi connectivity index (χ3n) is 3.80. The van der Waals surface area contributed by atoms with Gasteiger partial charge in [-0.2, -0.15) is 0 Å². The Morgan fingerprint density at radius 2 is 2.33 bits per heavy atom. The Balaban J connectivity index is 1.77. The first-order chi connectivity index (χ1) is 8.74. The number of amides is 1. The molecule has 1 aromatic rings. The molecule has 0 aliphatic carbocycles. The zero-order chi connectivity index (χ0) is 12.5. The molecule has 1 N–H and O–H groups in total. The van der Waals surface area contributed by atoms with Gasteiger partial charge in [0.15, 0.2) is 0 Å². The second-order valence-electron chi connectivity index (χ2n) is 5.42. The summed E-state index contributed by atoms with van der Waals surface area (Å²) >= 11 is 0. The third kappa shape index (κ3) is 2.09. The van der Waals surface area contributed by atoms with E-state index in [2.05, 4.69) is 17.2 Å². The van der Waals surface area contributed by atoms with Crippen LogP contribution in [-0.2, 0) is 6.54 Å². The largest absolute Gasteiger partial charge is 0.356 e. The normalized spacial score (nSPS) is 23.4. The van der Waals surface area contributed by atoms with Crippen molar-refractivity contribution in [3.05, 3.63) is 11.9 Å². The van der Waals surface area contributed by atoms with E-state index >= 15 is 0 Å². The zero-order valence-electron chi connectivity index (χ0n) is 10.9. The number of likely N-dealkylation sites (tertiary alicyclic amines) is 1. The van der Waals surface area contributed by atoms with Crippen molar-refractivity contribution in [2.24, 2.45) is 5.92 Å². The number of aryl methyl sites for hydroxylation is 1. The SMILES string of the molecule is CC1CCCN(C(=O)c2cn3c(n2)NCCC3)C1. The molecule has 2 aliphatic rings. The zero-order valence-corrected chi connectivity index (χ0v) is 10.9. The molecular formula is C13H20N4O. The Morgan fingerprint density at radius 1 is 1.44 bits per heavy atom. The molecule has 0 bridgehead atoms. The molecule has 5 heteroatoms. The lowest BCUT2D eigenvalue weighted by molar-refractivity contribution is 0.0677. The van der Waals surface area contributed by atoms with Crippen LogP contribution in [0.4, 0.5) is 5.95 Å². The quantitative estimate of drug-likeness (QED) is 0.820. The number of carbonyl (C=O) groups is 1. The number of hydrogen-bond acceptors (Lipinski definition) is 3. The first-order valence-corrected chi connectivity index (χ1v) is 6.84. The van der Waals surface area contributed by atoms with E-state index in [1.165, 1.54) is 6.42 Å². The molecule has 1 amide bonds. The lowest BCUT2D eigenvalue weighted by Crippen LogP contribution is -2.39. The third-order valence-corrected chi connectivity index (χ3v) is 3.80. The van der Waals surface area contributed by atoms with Crippen LogP contribution in [0.1, 0.15) is 36.7 Å². The summed E-state index contributed by atoms with van der Waals surface area (Å²) in [6, 6.07) is 0. The summed E-state index contributed by atoms with van der Waals surface area (Å²) in [6.07, 6.45) is 5.32. The lowest BCUT2D eigenvalue weighted by Gasteiger charge is -2.30. The van der Waals surface area contributed by atoms with Crippen LogP contribution in [0.2, 0.25) is 0 Å². The number of fused-ring (bicyclic) bond motifs is 1. The van der Waals surface area contributed by atoms with E-state index in [9.17, 15) is 4.79 Å². The Bertz CT molecular complexity index is 430. The molecule has 0 spiro atoms. The van der Waals surface area contributed by atoms with Crippen LogP contribution in [-0.4, -0.2) is 40.0 Å². The van der Waals surface area contributed by atoms with Gasteiger partial charge in [-0.15, -0.1) is 0 Å². The minimum Gasteiger partial charge on any atom is -0.356 e. The minimum absolute atomic E-state index is 0.0882. The van der Waals surface area contributed by atoms with E-state index in [4.69, 9.17) is 0 Å². The maximum atomic E-state index is 12.4. The van der Waals surface area contributed by atoms with Crippen LogP contribution < -0.4 is 5.32 Å². The summed E-state index contributed by atoms with van der Waals surface area (Å²) in [5.74, 6) is 1.54. The standard InChI is InChI=1S/C13H20N4O/c1-10-4-2-6-16(8-10)12(18)11-9-17-7-3-5-14-13(17)15-11/h9-10H,2-8H2,1H3,(H,14,15). The van der Waals surface area contributed by atoms with Crippen molar-refractivity contribution < 1.29 is 4.79 Å². The van der Waals surface area contributed by atoms with Crippen LogP contribution in [0.5, 0.6) is 0 Å². The Kier molecular flexibility index (Phi) is 2.97. The molecule has 1 unspecified atom stereocenters. The second-order valence-corrected chi connectivity index (χ2v) is 5.42. The van der Waals surface area contributed by atoms with E-state index in [-0.39, 0.29) is 5.91 Å². The molecule has 1 aromatic heterocycles. The van der Waals surface area contributed by atoms with Crippen LogP contribution in [0.15, 0.2) is 6.20 Å².